The lowest BCUT2D eigenvalue weighted by atomic mass is 10.2. The minimum absolute atomic E-state index is 0.0823. The number of nitro benzene ring substituents is 2. The van der Waals surface area contributed by atoms with Crippen molar-refractivity contribution in [2.24, 2.45) is 10.8 Å². The molecule has 0 bridgehead atoms. The summed E-state index contributed by atoms with van der Waals surface area (Å²) in [5.41, 5.74) is 7.01. The largest absolute Gasteiger partial charge is 0.330 e. The van der Waals surface area contributed by atoms with Crippen LogP contribution in [-0.4, -0.2) is 22.6 Å². The number of hydrogen-bond donors (Lipinski definition) is 2. The van der Waals surface area contributed by atoms with Gasteiger partial charge in [-0.25, -0.2) is 0 Å². The molecule has 0 aliphatic rings. The number of hydrazone groups is 1. The zero-order valence-electron chi connectivity index (χ0n) is 9.28. The van der Waals surface area contributed by atoms with Crippen molar-refractivity contribution < 1.29 is 9.85 Å². The number of rotatable bonds is 6. The van der Waals surface area contributed by atoms with Crippen molar-refractivity contribution in [1.29, 1.82) is 0 Å². The molecule has 3 N–H and O–H groups in total. The number of non-ortho nitro benzene ring substituents is 1. The van der Waals surface area contributed by atoms with Gasteiger partial charge in [0.1, 0.15) is 5.69 Å². The summed E-state index contributed by atoms with van der Waals surface area (Å²) in [6, 6.07) is 3.27. The molecule has 0 aliphatic carbocycles. The Labute approximate surface area is 102 Å². The summed E-state index contributed by atoms with van der Waals surface area (Å²) >= 11 is 0. The third-order valence-corrected chi connectivity index (χ3v) is 1.96. The lowest BCUT2D eigenvalue weighted by molar-refractivity contribution is -0.393. The highest BCUT2D eigenvalue weighted by atomic mass is 16.6. The summed E-state index contributed by atoms with van der Waals surface area (Å²) in [5.74, 6) is 0. The number of nitrogens with two attached hydrogens (primary N) is 1. The second-order valence-corrected chi connectivity index (χ2v) is 3.22. The number of nitrogens with zero attached hydrogens (tertiary/aromatic N) is 3. The van der Waals surface area contributed by atoms with E-state index in [1.54, 1.807) is 0 Å². The molecule has 0 saturated heterocycles. The van der Waals surface area contributed by atoms with Crippen LogP contribution in [0.4, 0.5) is 17.1 Å². The molecule has 9 nitrogen and oxygen atoms in total. The summed E-state index contributed by atoms with van der Waals surface area (Å²) in [6.07, 6.45) is 1.99. The Morgan fingerprint density at radius 2 is 2.06 bits per heavy atom. The summed E-state index contributed by atoms with van der Waals surface area (Å²) in [7, 11) is 0. The first-order valence-electron chi connectivity index (χ1n) is 4.96. The Morgan fingerprint density at radius 1 is 1.33 bits per heavy atom. The van der Waals surface area contributed by atoms with Crippen LogP contribution in [0.5, 0.6) is 0 Å². The maximum atomic E-state index is 10.8. The van der Waals surface area contributed by atoms with E-state index in [1.807, 2.05) is 0 Å². The van der Waals surface area contributed by atoms with E-state index in [2.05, 4.69) is 10.5 Å². The van der Waals surface area contributed by atoms with Crippen molar-refractivity contribution >= 4 is 23.3 Å². The molecule has 9 heteroatoms. The molecule has 0 amide bonds. The fourth-order valence-electron chi connectivity index (χ4n) is 1.13. The summed E-state index contributed by atoms with van der Waals surface area (Å²) in [4.78, 5) is 19.8. The maximum absolute atomic E-state index is 10.8. The average molecular weight is 253 g/mol. The Kier molecular flexibility index (Phi) is 4.69. The van der Waals surface area contributed by atoms with Gasteiger partial charge >= 0.3 is 5.69 Å². The van der Waals surface area contributed by atoms with Gasteiger partial charge in [0, 0.05) is 12.3 Å². The fourth-order valence-corrected chi connectivity index (χ4v) is 1.13. The molecule has 0 aliphatic heterocycles. The van der Waals surface area contributed by atoms with E-state index in [-0.39, 0.29) is 11.4 Å². The van der Waals surface area contributed by atoms with Gasteiger partial charge in [0.2, 0.25) is 0 Å². The molecule has 0 heterocycles. The van der Waals surface area contributed by atoms with E-state index in [0.29, 0.717) is 13.0 Å². The highest BCUT2D eigenvalue weighted by Crippen LogP contribution is 2.28. The van der Waals surface area contributed by atoms with Crippen LogP contribution in [0.25, 0.3) is 0 Å². The lowest BCUT2D eigenvalue weighted by Crippen LogP contribution is -2.01. The van der Waals surface area contributed by atoms with Crippen molar-refractivity contribution in [1.82, 2.24) is 0 Å². The van der Waals surface area contributed by atoms with E-state index >= 15 is 0 Å². The van der Waals surface area contributed by atoms with Crippen LogP contribution in [0.2, 0.25) is 0 Å². The predicted molar refractivity (Wildman–Crippen MR) is 65.5 cm³/mol. The molecule has 1 rings (SSSR count). The molecule has 1 aromatic carbocycles. The smallest absolute Gasteiger partial charge is 0.301 e. The molecule has 0 spiro atoms. The lowest BCUT2D eigenvalue weighted by Gasteiger charge is -2.01. The van der Waals surface area contributed by atoms with Gasteiger partial charge in [0.15, 0.2) is 0 Å². The predicted octanol–water partition coefficient (Wildman–Crippen LogP) is 1.25. The van der Waals surface area contributed by atoms with E-state index < -0.39 is 15.5 Å². The van der Waals surface area contributed by atoms with Gasteiger partial charge in [-0.05, 0) is 19.0 Å². The van der Waals surface area contributed by atoms with Gasteiger partial charge in [0.05, 0.1) is 15.9 Å². The number of nitrogens with one attached hydrogen (secondary N) is 1. The van der Waals surface area contributed by atoms with Crippen molar-refractivity contribution in [2.75, 3.05) is 12.0 Å². The van der Waals surface area contributed by atoms with Gasteiger partial charge in [0.25, 0.3) is 5.69 Å². The third kappa shape index (κ3) is 3.49. The van der Waals surface area contributed by atoms with Crippen molar-refractivity contribution in [2.45, 2.75) is 6.42 Å². The van der Waals surface area contributed by atoms with E-state index in [1.165, 1.54) is 12.3 Å². The van der Waals surface area contributed by atoms with Crippen LogP contribution >= 0.6 is 0 Å². The van der Waals surface area contributed by atoms with Crippen LogP contribution < -0.4 is 11.2 Å². The van der Waals surface area contributed by atoms with Gasteiger partial charge in [-0.1, -0.05) is 0 Å². The van der Waals surface area contributed by atoms with Crippen molar-refractivity contribution in [3.8, 4) is 0 Å². The Balaban J connectivity index is 2.97. The van der Waals surface area contributed by atoms with Crippen LogP contribution in [0, 0.1) is 20.2 Å². The van der Waals surface area contributed by atoms with Crippen molar-refractivity contribution in [3.63, 3.8) is 0 Å². The zero-order chi connectivity index (χ0) is 13.5. The third-order valence-electron chi connectivity index (χ3n) is 1.96. The van der Waals surface area contributed by atoms with Crippen molar-refractivity contribution in [3.05, 3.63) is 38.4 Å². The molecule has 96 valence electrons. The van der Waals surface area contributed by atoms with Gasteiger partial charge < -0.3 is 5.73 Å². The van der Waals surface area contributed by atoms with Crippen LogP contribution in [0.15, 0.2) is 23.3 Å². The quantitative estimate of drug-likeness (QED) is 0.444. The highest BCUT2D eigenvalue weighted by molar-refractivity contribution is 5.67. The average Bonchev–Trinajstić information content (AvgIpc) is 2.34. The standard InChI is InChI=1S/C9H11N5O4/c10-4-1-5-11-12-8-3-2-7(13(15)16)6-9(8)14(17)18/h2-3,5-6,12H,1,4,10H2/b11-5+. The molecular formula is C9H11N5O4. The topological polar surface area (TPSA) is 137 Å². The zero-order valence-corrected chi connectivity index (χ0v) is 9.28. The number of nitro groups is 2. The molecule has 0 atom stereocenters. The molecule has 1 aromatic rings. The SMILES string of the molecule is NCC/C=N/Nc1ccc([N+](=O)[O-])cc1[N+](=O)[O-]. The second kappa shape index (κ2) is 6.25. The van der Waals surface area contributed by atoms with Crippen LogP contribution in [0.1, 0.15) is 6.42 Å². The van der Waals surface area contributed by atoms with E-state index in [4.69, 9.17) is 5.73 Å². The Morgan fingerprint density at radius 3 is 2.61 bits per heavy atom. The first-order chi connectivity index (χ1) is 8.56. The minimum atomic E-state index is -0.714. The minimum Gasteiger partial charge on any atom is -0.330 e. The maximum Gasteiger partial charge on any atom is 0.301 e. The van der Waals surface area contributed by atoms with Gasteiger partial charge in [-0.2, -0.15) is 5.10 Å². The summed E-state index contributed by atoms with van der Waals surface area (Å²) < 4.78 is 0. The Bertz CT molecular complexity index is 488. The first-order valence-corrected chi connectivity index (χ1v) is 4.96. The molecule has 0 saturated carbocycles. The highest BCUT2D eigenvalue weighted by Gasteiger charge is 2.18. The molecule has 0 unspecified atom stereocenters. The molecule has 0 aromatic heterocycles. The normalized spacial score (nSPS) is 10.5. The van der Waals surface area contributed by atoms with Gasteiger partial charge in [-0.3, -0.25) is 25.7 Å². The summed E-state index contributed by atoms with van der Waals surface area (Å²) in [5, 5.41) is 25.0. The van der Waals surface area contributed by atoms with Gasteiger partial charge in [-0.15, -0.1) is 0 Å². The number of anilines is 1. The monoisotopic (exact) mass is 253 g/mol. The molecule has 0 fully saturated rings. The Hall–Kier alpha value is -2.55. The first kappa shape index (κ1) is 13.5. The molecular weight excluding hydrogens is 242 g/mol. The fraction of sp³-hybridized carbons (Fsp3) is 0.222. The van der Waals surface area contributed by atoms with E-state index in [9.17, 15) is 20.2 Å². The second-order valence-electron chi connectivity index (χ2n) is 3.22. The van der Waals surface area contributed by atoms with Crippen LogP contribution in [-0.2, 0) is 0 Å². The number of hydrogen-bond acceptors (Lipinski definition) is 7. The molecule has 0 radical (unpaired) electrons. The number of benzene rings is 1. The molecule has 18 heavy (non-hydrogen) atoms. The summed E-state index contributed by atoms with van der Waals surface area (Å²) in [6.45, 7) is 0.410. The van der Waals surface area contributed by atoms with Crippen LogP contribution in [0.3, 0.4) is 0 Å². The van der Waals surface area contributed by atoms with E-state index in [0.717, 1.165) is 12.1 Å².